The van der Waals surface area contributed by atoms with Gasteiger partial charge in [-0.05, 0) is 34.1 Å². The molecule has 0 aromatic rings. The maximum Gasteiger partial charge on any atom is 0.409 e. The zero-order valence-corrected chi connectivity index (χ0v) is 8.72. The van der Waals surface area contributed by atoms with Gasteiger partial charge in [0.2, 0.25) is 0 Å². The molecule has 13 heavy (non-hydrogen) atoms. The second-order valence-corrected chi connectivity index (χ2v) is 3.66. The monoisotopic (exact) mass is 188 g/mol. The van der Waals surface area contributed by atoms with Crippen LogP contribution in [0.3, 0.4) is 0 Å². The summed E-state index contributed by atoms with van der Waals surface area (Å²) in [6.45, 7) is 9.02. The van der Waals surface area contributed by atoms with Crippen molar-refractivity contribution in [2.75, 3.05) is 7.11 Å². The van der Waals surface area contributed by atoms with E-state index in [2.05, 4.69) is 12.2 Å². The number of rotatable bonds is 3. The number of hydrogen-bond donors (Lipinski definition) is 1. The fraction of sp³-hybridized carbons (Fsp3) is 0.778. The topological polar surface area (TPSA) is 47.6 Å². The van der Waals surface area contributed by atoms with Gasteiger partial charge in [-0.15, -0.1) is 0 Å². The molecule has 0 fully saturated rings. The molecule has 0 aromatic carbocycles. The molecule has 0 rings (SSSR count). The van der Waals surface area contributed by atoms with Crippen LogP contribution in [0.1, 0.15) is 27.2 Å². The number of alkyl carbamates (subject to hydrolysis) is 1. The average Bonchev–Trinajstić information content (AvgIpc) is 1.96. The second kappa shape index (κ2) is 5.07. The quantitative estimate of drug-likeness (QED) is 0.686. The lowest BCUT2D eigenvalue weighted by Crippen LogP contribution is -2.39. The summed E-state index contributed by atoms with van der Waals surface area (Å²) in [6.07, 6.45) is -0.395. The van der Waals surface area contributed by atoms with Gasteiger partial charge in [0.1, 0.15) is 11.8 Å². The number of carbonyl (C=O) groups is 1. The minimum atomic E-state index is -0.483. The van der Waals surface area contributed by atoms with E-state index in [4.69, 9.17) is 9.47 Å². The first-order valence-electron chi connectivity index (χ1n) is 4.20. The van der Waals surface area contributed by atoms with Crippen molar-refractivity contribution in [2.45, 2.75) is 39.0 Å². The summed E-state index contributed by atoms with van der Waals surface area (Å²) in [4.78, 5) is 11.1. The Bertz CT molecular complexity index is 159. The van der Waals surface area contributed by atoms with Gasteiger partial charge in [-0.2, -0.15) is 0 Å². The van der Waals surface area contributed by atoms with Gasteiger partial charge >= 0.3 is 6.09 Å². The van der Waals surface area contributed by atoms with Gasteiger partial charge < -0.3 is 9.47 Å². The minimum Gasteiger partial charge on any atom is -0.444 e. The largest absolute Gasteiger partial charge is 0.444 e. The molecule has 0 aliphatic rings. The molecule has 1 radical (unpaired) electrons. The van der Waals surface area contributed by atoms with Gasteiger partial charge in [-0.3, -0.25) is 5.32 Å². The fourth-order valence-corrected chi connectivity index (χ4v) is 0.688. The molecule has 1 amide bonds. The van der Waals surface area contributed by atoms with Crippen LogP contribution in [0.2, 0.25) is 0 Å². The summed E-state index contributed by atoms with van der Waals surface area (Å²) in [5.74, 6) is 0. The third-order valence-corrected chi connectivity index (χ3v) is 1.22. The van der Waals surface area contributed by atoms with Crippen LogP contribution in [0.5, 0.6) is 0 Å². The molecule has 1 atom stereocenters. The molecule has 4 heteroatoms. The normalized spacial score (nSPS) is 13.6. The van der Waals surface area contributed by atoms with Gasteiger partial charge in [-0.1, -0.05) is 0 Å². The Hall–Kier alpha value is -0.770. The van der Waals surface area contributed by atoms with Gasteiger partial charge in [-0.25, -0.2) is 4.79 Å². The molecule has 0 aliphatic carbocycles. The van der Waals surface area contributed by atoms with Crippen molar-refractivity contribution < 1.29 is 14.3 Å². The molecule has 0 saturated heterocycles. The fourth-order valence-electron chi connectivity index (χ4n) is 0.688. The molecular formula is C9H18NO3. The van der Waals surface area contributed by atoms with E-state index in [1.165, 1.54) is 7.11 Å². The van der Waals surface area contributed by atoms with E-state index in [-0.39, 0.29) is 6.23 Å². The Morgan fingerprint density at radius 3 is 2.38 bits per heavy atom. The van der Waals surface area contributed by atoms with Crippen molar-refractivity contribution in [2.24, 2.45) is 0 Å². The average molecular weight is 188 g/mol. The standard InChI is InChI=1S/C9H18NO3/c1-6-7(12-5)10-8(11)13-9(2,3)4/h7H,1,6H2,2-5H3,(H,10,11)/t7-/m0/s1. The summed E-state index contributed by atoms with van der Waals surface area (Å²) in [6, 6.07) is 0. The highest BCUT2D eigenvalue weighted by molar-refractivity contribution is 5.67. The van der Waals surface area contributed by atoms with Crippen molar-refractivity contribution in [1.29, 1.82) is 0 Å². The maximum absolute atomic E-state index is 11.1. The molecule has 4 nitrogen and oxygen atoms in total. The summed E-state index contributed by atoms with van der Waals surface area (Å²) in [5.41, 5.74) is -0.483. The smallest absolute Gasteiger partial charge is 0.409 e. The Morgan fingerprint density at radius 2 is 2.08 bits per heavy atom. The Labute approximate surface area is 79.6 Å². The van der Waals surface area contributed by atoms with Crippen molar-refractivity contribution in [1.82, 2.24) is 5.32 Å². The van der Waals surface area contributed by atoms with Gasteiger partial charge in [0.05, 0.1) is 0 Å². The molecular weight excluding hydrogens is 170 g/mol. The predicted molar refractivity (Wildman–Crippen MR) is 50.1 cm³/mol. The first kappa shape index (κ1) is 12.2. The van der Waals surface area contributed by atoms with Crippen LogP contribution < -0.4 is 5.32 Å². The molecule has 0 saturated carbocycles. The lowest BCUT2D eigenvalue weighted by molar-refractivity contribution is 0.0245. The van der Waals surface area contributed by atoms with E-state index in [1.54, 1.807) is 20.8 Å². The summed E-state index contributed by atoms with van der Waals surface area (Å²) < 4.78 is 9.92. The first-order chi connectivity index (χ1) is 5.89. The summed E-state index contributed by atoms with van der Waals surface area (Å²) in [7, 11) is 1.51. The van der Waals surface area contributed by atoms with Gasteiger partial charge in [0, 0.05) is 7.11 Å². The molecule has 0 aromatic heterocycles. The van der Waals surface area contributed by atoms with Crippen LogP contribution in [0.4, 0.5) is 4.79 Å². The van der Waals surface area contributed by atoms with Crippen LogP contribution in [0.15, 0.2) is 0 Å². The molecule has 1 N–H and O–H groups in total. The molecule has 77 valence electrons. The zero-order valence-electron chi connectivity index (χ0n) is 8.72. The Morgan fingerprint density at radius 1 is 1.54 bits per heavy atom. The number of carbonyl (C=O) groups excluding carboxylic acids is 1. The number of methoxy groups -OCH3 is 1. The molecule has 0 unspecified atom stereocenters. The van der Waals surface area contributed by atoms with E-state index >= 15 is 0 Å². The number of nitrogens with one attached hydrogen (secondary N) is 1. The van der Waals surface area contributed by atoms with E-state index in [1.807, 2.05) is 0 Å². The van der Waals surface area contributed by atoms with Crippen molar-refractivity contribution in [3.05, 3.63) is 6.92 Å². The first-order valence-corrected chi connectivity index (χ1v) is 4.20. The summed E-state index contributed by atoms with van der Waals surface area (Å²) in [5, 5.41) is 2.53. The number of amides is 1. The third kappa shape index (κ3) is 6.40. The van der Waals surface area contributed by atoms with Crippen molar-refractivity contribution in [3.63, 3.8) is 0 Å². The number of hydrogen-bond acceptors (Lipinski definition) is 3. The van der Waals surface area contributed by atoms with Crippen LogP contribution in [-0.4, -0.2) is 25.0 Å². The summed E-state index contributed by atoms with van der Waals surface area (Å²) >= 11 is 0. The van der Waals surface area contributed by atoms with E-state index in [9.17, 15) is 4.79 Å². The molecule has 0 bridgehead atoms. The van der Waals surface area contributed by atoms with Gasteiger partial charge in [0.15, 0.2) is 0 Å². The lowest BCUT2D eigenvalue weighted by Gasteiger charge is -2.22. The second-order valence-electron chi connectivity index (χ2n) is 3.66. The van der Waals surface area contributed by atoms with Crippen LogP contribution in [0.25, 0.3) is 0 Å². The number of ether oxygens (including phenoxy) is 2. The zero-order chi connectivity index (χ0) is 10.5. The van der Waals surface area contributed by atoms with E-state index in [0.717, 1.165) is 0 Å². The third-order valence-electron chi connectivity index (χ3n) is 1.22. The highest BCUT2D eigenvalue weighted by atomic mass is 16.6. The van der Waals surface area contributed by atoms with Crippen molar-refractivity contribution in [3.8, 4) is 0 Å². The molecule has 0 heterocycles. The Kier molecular flexibility index (Phi) is 4.77. The molecule has 0 aliphatic heterocycles. The van der Waals surface area contributed by atoms with Gasteiger partial charge in [0.25, 0.3) is 0 Å². The SMILES string of the molecule is [CH2]C[C@@H](NC(=O)OC(C)(C)C)OC. The van der Waals surface area contributed by atoms with Crippen molar-refractivity contribution >= 4 is 6.09 Å². The van der Waals surface area contributed by atoms with Crippen LogP contribution in [-0.2, 0) is 9.47 Å². The predicted octanol–water partition coefficient (Wildman–Crippen LogP) is 1.71. The van der Waals surface area contributed by atoms with Crippen LogP contribution in [0, 0.1) is 6.92 Å². The van der Waals surface area contributed by atoms with Crippen LogP contribution >= 0.6 is 0 Å². The minimum absolute atomic E-state index is 0.380. The van der Waals surface area contributed by atoms with E-state index < -0.39 is 11.7 Å². The lowest BCUT2D eigenvalue weighted by atomic mass is 10.2. The Balaban J connectivity index is 3.86. The highest BCUT2D eigenvalue weighted by Crippen LogP contribution is 2.07. The molecule has 0 spiro atoms. The highest BCUT2D eigenvalue weighted by Gasteiger charge is 2.18. The van der Waals surface area contributed by atoms with E-state index in [0.29, 0.717) is 6.42 Å². The maximum atomic E-state index is 11.1.